The highest BCUT2D eigenvalue weighted by Gasteiger charge is 2.76. The summed E-state index contributed by atoms with van der Waals surface area (Å²) in [6, 6.07) is 14.7. The lowest BCUT2D eigenvalue weighted by atomic mass is 9.51. The molecular weight excluding hydrogens is 867 g/mol. The van der Waals surface area contributed by atoms with Crippen LogP contribution in [-0.2, 0) is 47.7 Å². The number of carbonyl (C=O) groups excluding carboxylic acids is 5. The molecule has 0 bridgehead atoms. The normalized spacial score (nSPS) is 31.0. The van der Waals surface area contributed by atoms with Crippen molar-refractivity contribution in [2.45, 2.75) is 98.6 Å². The van der Waals surface area contributed by atoms with Crippen molar-refractivity contribution < 1.29 is 66.7 Å². The molecule has 0 spiro atoms. The Balaban J connectivity index is 0.885. The monoisotopic (exact) mass is 922 g/mol. The van der Waals surface area contributed by atoms with Gasteiger partial charge in [0.2, 0.25) is 5.91 Å². The van der Waals surface area contributed by atoms with Gasteiger partial charge in [0, 0.05) is 44.0 Å². The van der Waals surface area contributed by atoms with Gasteiger partial charge < -0.3 is 39.2 Å². The fraction of sp³-hybridized carbons (Fsp3) is 0.521. The first-order valence-corrected chi connectivity index (χ1v) is 22.8. The molecule has 0 aromatic heterocycles. The van der Waals surface area contributed by atoms with Crippen LogP contribution in [0.25, 0.3) is 0 Å². The van der Waals surface area contributed by atoms with Crippen LogP contribution in [0, 0.1) is 16.7 Å². The third-order valence-corrected chi connectivity index (χ3v) is 14.6. The van der Waals surface area contributed by atoms with E-state index in [1.165, 1.54) is 43.0 Å². The van der Waals surface area contributed by atoms with E-state index in [1.54, 1.807) is 19.9 Å². The summed E-state index contributed by atoms with van der Waals surface area (Å²) in [6.07, 6.45) is 0.901. The van der Waals surface area contributed by atoms with Crippen LogP contribution in [-0.4, -0.2) is 127 Å². The zero-order valence-corrected chi connectivity index (χ0v) is 37.5. The van der Waals surface area contributed by atoms with Gasteiger partial charge in [-0.3, -0.25) is 28.9 Å². The van der Waals surface area contributed by atoms with Gasteiger partial charge in [0.1, 0.15) is 18.4 Å². The Hall–Kier alpha value is -4.46. The van der Waals surface area contributed by atoms with Gasteiger partial charge in [-0.15, -0.1) is 0 Å². The lowest BCUT2D eigenvalue weighted by Gasteiger charge is -2.56. The minimum absolute atomic E-state index is 0.0199. The number of alkyl halides is 2. The van der Waals surface area contributed by atoms with E-state index in [9.17, 15) is 34.2 Å². The molecule has 7 rings (SSSR count). The molecule has 2 heterocycles. The number of amides is 3. The molecule has 9 atom stereocenters. The molecular formula is C48H56F2N2O12S. The van der Waals surface area contributed by atoms with Gasteiger partial charge >= 0.3 is 0 Å². The number of hydrogen-bond acceptors (Lipinski definition) is 13. The summed E-state index contributed by atoms with van der Waals surface area (Å²) in [6.45, 7) is 5.83. The number of halogens is 2. The molecule has 2 aromatic carbocycles. The number of rotatable bonds is 21. The first-order valence-electron chi connectivity index (χ1n) is 22.0. The molecule has 3 amide bonds. The highest BCUT2D eigenvalue weighted by atomic mass is 32.2. The average Bonchev–Trinajstić information content (AvgIpc) is 3.91. The summed E-state index contributed by atoms with van der Waals surface area (Å²) in [5, 5.41) is 24.9. The molecule has 17 heteroatoms. The van der Waals surface area contributed by atoms with E-state index in [4.69, 9.17) is 23.7 Å². The maximum atomic E-state index is 17.6. The van der Waals surface area contributed by atoms with Crippen LogP contribution in [0.5, 0.6) is 0 Å². The van der Waals surface area contributed by atoms with Crippen molar-refractivity contribution in [3.05, 3.63) is 90.0 Å². The number of ketones is 2. The number of ether oxygens (including phenoxy) is 5. The maximum absolute atomic E-state index is 17.6. The van der Waals surface area contributed by atoms with Gasteiger partial charge in [0.15, 0.2) is 23.5 Å². The van der Waals surface area contributed by atoms with Gasteiger partial charge in [-0.25, -0.2) is 8.78 Å². The van der Waals surface area contributed by atoms with Crippen LogP contribution >= 0.6 is 11.8 Å². The summed E-state index contributed by atoms with van der Waals surface area (Å²) >= 11 is 1.46. The Morgan fingerprint density at radius 3 is 2.29 bits per heavy atom. The number of nitrogens with zero attached hydrogens (tertiary/aromatic N) is 1. The lowest BCUT2D eigenvalue weighted by molar-refractivity contribution is -0.205. The number of nitrogens with one attached hydrogen (secondary N) is 1. The first kappa shape index (κ1) is 48.5. The number of Topliss-reactive ketones (excluding diaryl/α,β-unsaturated/α-hetero) is 1. The van der Waals surface area contributed by atoms with Crippen LogP contribution < -0.4 is 5.32 Å². The Labute approximate surface area is 380 Å². The largest absolute Gasteiger partial charge is 0.390 e. The summed E-state index contributed by atoms with van der Waals surface area (Å²) in [7, 11) is 0. The number of fused-ring (bicyclic) bond motifs is 3. The van der Waals surface area contributed by atoms with E-state index in [0.717, 1.165) is 20.8 Å². The molecule has 3 N–H and O–H groups in total. The number of aliphatic hydroxyl groups excluding tert-OH is 2. The van der Waals surface area contributed by atoms with Gasteiger partial charge in [-0.2, -0.15) is 0 Å². The number of aliphatic hydroxyl groups is 2. The summed E-state index contributed by atoms with van der Waals surface area (Å²) in [5.41, 5.74) is -5.66. The second-order valence-electron chi connectivity index (χ2n) is 17.4. The molecule has 3 fully saturated rings. The quantitative estimate of drug-likeness (QED) is 0.104. The minimum atomic E-state index is -2.38. The standard InChI is InChI=1S/C48H56F2N2O12S/c1-4-37(49)36-26-33(54)14-16-45(36,2)47(50)27-31-24-40-48(39(56)29-53,46(31,3)28-38(47)55)64-44(63-40)30-8-10-34(11-9-30)65-35-7-5-6-32(25-35)51-41(57)15-18-60-20-22-62-23-21-61-19-17-52-42(58)12-13-43(52)59/h5-14,16,25-26,31,37-38,40,44,53,55H,4,15,17-24,27-29H2,1-3H3,(H,51,57)/t31-,37-,38-,40+,44+,45-,46-,47-,48+/m0/s1. The predicted molar refractivity (Wildman–Crippen MR) is 233 cm³/mol. The highest BCUT2D eigenvalue weighted by Crippen LogP contribution is 2.68. The number of hydrogen-bond donors (Lipinski definition) is 3. The van der Waals surface area contributed by atoms with Gasteiger partial charge in [0.25, 0.3) is 11.8 Å². The maximum Gasteiger partial charge on any atom is 0.253 e. The summed E-state index contributed by atoms with van der Waals surface area (Å²) in [5.74, 6) is -2.55. The van der Waals surface area contributed by atoms with E-state index >= 15 is 8.78 Å². The molecule has 3 aliphatic carbocycles. The second-order valence-corrected chi connectivity index (χ2v) is 18.6. The SMILES string of the molecule is CC[C@H](F)C1=CC(=O)C=C[C@]1(C)[C@]1(F)C[C@@H]2C[C@H]3O[C@@H](c4ccc(Sc5cccc(NC(=O)CCOCCOCCOCCN6C(=O)C=CC6=O)c5)cc4)O[C@@]3(C(=O)CO)[C@@]2(C)C[C@@H]1O. The van der Waals surface area contributed by atoms with Crippen molar-refractivity contribution in [2.75, 3.05) is 58.1 Å². The van der Waals surface area contributed by atoms with Crippen LogP contribution in [0.3, 0.4) is 0 Å². The van der Waals surface area contributed by atoms with Crippen molar-refractivity contribution >= 4 is 46.7 Å². The van der Waals surface area contributed by atoms with Crippen molar-refractivity contribution in [2.24, 2.45) is 16.7 Å². The molecule has 0 radical (unpaired) electrons. The van der Waals surface area contributed by atoms with Gasteiger partial charge in [0.05, 0.1) is 64.8 Å². The topological polar surface area (TPSA) is 187 Å². The Morgan fingerprint density at radius 1 is 0.938 bits per heavy atom. The van der Waals surface area contributed by atoms with E-state index in [2.05, 4.69) is 5.32 Å². The number of carbonyl (C=O) groups is 5. The summed E-state index contributed by atoms with van der Waals surface area (Å²) < 4.78 is 62.4. The average molecular weight is 923 g/mol. The molecule has 2 aromatic rings. The van der Waals surface area contributed by atoms with E-state index < -0.39 is 70.9 Å². The van der Waals surface area contributed by atoms with Gasteiger partial charge in [-0.05, 0) is 86.6 Å². The lowest BCUT2D eigenvalue weighted by Crippen LogP contribution is -2.65. The molecule has 0 unspecified atom stereocenters. The van der Waals surface area contributed by atoms with Crippen molar-refractivity contribution in [1.82, 2.24) is 4.90 Å². The zero-order chi connectivity index (χ0) is 46.6. The Morgan fingerprint density at radius 2 is 1.62 bits per heavy atom. The minimum Gasteiger partial charge on any atom is -0.390 e. The Kier molecular flexibility index (Phi) is 15.1. The number of imide groups is 1. The van der Waals surface area contributed by atoms with Crippen molar-refractivity contribution in [1.29, 1.82) is 0 Å². The fourth-order valence-corrected chi connectivity index (χ4v) is 10.9. The molecule has 14 nitrogen and oxygen atoms in total. The fourth-order valence-electron chi connectivity index (χ4n) is 10.0. The highest BCUT2D eigenvalue weighted by molar-refractivity contribution is 7.99. The molecule has 2 saturated carbocycles. The third-order valence-electron chi connectivity index (χ3n) is 13.6. The molecule has 1 saturated heterocycles. The van der Waals surface area contributed by atoms with Crippen LogP contribution in [0.2, 0.25) is 0 Å². The van der Waals surface area contributed by atoms with E-state index in [-0.39, 0.29) is 81.8 Å². The van der Waals surface area contributed by atoms with Crippen molar-refractivity contribution in [3.8, 4) is 0 Å². The van der Waals surface area contributed by atoms with Crippen LogP contribution in [0.15, 0.2) is 94.3 Å². The third kappa shape index (κ3) is 9.57. The van der Waals surface area contributed by atoms with E-state index in [1.807, 2.05) is 42.5 Å². The molecule has 2 aliphatic heterocycles. The van der Waals surface area contributed by atoms with Crippen LogP contribution in [0.1, 0.15) is 64.7 Å². The zero-order valence-electron chi connectivity index (χ0n) is 36.7. The van der Waals surface area contributed by atoms with Crippen LogP contribution in [0.4, 0.5) is 14.5 Å². The van der Waals surface area contributed by atoms with Gasteiger partial charge in [-0.1, -0.05) is 49.9 Å². The smallest absolute Gasteiger partial charge is 0.253 e. The van der Waals surface area contributed by atoms with Crippen molar-refractivity contribution in [3.63, 3.8) is 0 Å². The predicted octanol–water partition coefficient (Wildman–Crippen LogP) is 5.56. The summed E-state index contributed by atoms with van der Waals surface area (Å²) in [4.78, 5) is 64.7. The number of anilines is 1. The van der Waals surface area contributed by atoms with E-state index in [0.29, 0.717) is 31.1 Å². The molecule has 5 aliphatic rings. The number of allylic oxidation sites excluding steroid dienone is 4. The molecule has 350 valence electrons. The molecule has 65 heavy (non-hydrogen) atoms. The Bertz CT molecular complexity index is 2200. The number of benzene rings is 2. The second kappa shape index (κ2) is 20.2. The first-order chi connectivity index (χ1) is 31.1.